The average molecular weight is 314 g/mol. The van der Waals surface area contributed by atoms with Gasteiger partial charge in [0, 0.05) is 13.1 Å². The fourth-order valence-electron chi connectivity index (χ4n) is 1.84. The Balaban J connectivity index is 1.88. The molecule has 0 saturated heterocycles. The first-order chi connectivity index (χ1) is 11.0. The average Bonchev–Trinajstić information content (AvgIpc) is 3.04. The molecule has 0 aliphatic rings. The van der Waals surface area contributed by atoms with Crippen LogP contribution >= 0.6 is 0 Å². The van der Waals surface area contributed by atoms with Crippen LogP contribution in [0.25, 0.3) is 6.08 Å². The van der Waals surface area contributed by atoms with Gasteiger partial charge in [0.25, 0.3) is 5.91 Å². The van der Waals surface area contributed by atoms with Crippen LogP contribution in [0.1, 0.15) is 11.3 Å². The zero-order chi connectivity index (χ0) is 16.7. The number of nitrogens with zero attached hydrogens (tertiary/aromatic N) is 1. The van der Waals surface area contributed by atoms with Gasteiger partial charge in [-0.1, -0.05) is 12.1 Å². The van der Waals surface area contributed by atoms with Crippen LogP contribution in [0.5, 0.6) is 5.75 Å². The Bertz CT molecular complexity index is 675. The maximum atomic E-state index is 12.0. The number of nitrogens with two attached hydrogens (primary N) is 1. The van der Waals surface area contributed by atoms with Crippen molar-refractivity contribution in [1.29, 1.82) is 0 Å². The van der Waals surface area contributed by atoms with E-state index in [0.29, 0.717) is 12.3 Å². The van der Waals surface area contributed by atoms with Crippen molar-refractivity contribution in [2.45, 2.75) is 6.54 Å². The van der Waals surface area contributed by atoms with Crippen molar-refractivity contribution in [3.8, 4) is 5.75 Å². The van der Waals surface area contributed by atoms with E-state index in [1.54, 1.807) is 54.6 Å². The van der Waals surface area contributed by atoms with Crippen molar-refractivity contribution < 1.29 is 18.7 Å². The minimum Gasteiger partial charge on any atom is -0.484 e. The molecule has 0 bridgehead atoms. The summed E-state index contributed by atoms with van der Waals surface area (Å²) in [5, 5.41) is 0. The Morgan fingerprint density at radius 1 is 1.26 bits per heavy atom. The quantitative estimate of drug-likeness (QED) is 0.790. The first-order valence-electron chi connectivity index (χ1n) is 7.01. The molecular weight excluding hydrogens is 296 g/mol. The van der Waals surface area contributed by atoms with Crippen LogP contribution in [0, 0.1) is 0 Å². The van der Waals surface area contributed by atoms with E-state index in [4.69, 9.17) is 14.9 Å². The summed E-state index contributed by atoms with van der Waals surface area (Å²) in [6.45, 7) is 0.251. The standard InChI is InChI=1S/C17H18N2O4/c1-19(11-15-3-2-10-22-15)17(21)9-6-13-4-7-14(8-5-13)23-12-16(18)20/h2-10H,11-12H2,1H3,(H2,18,20)/b9-6+. The summed E-state index contributed by atoms with van der Waals surface area (Å²) >= 11 is 0. The van der Waals surface area contributed by atoms with Gasteiger partial charge in [-0.3, -0.25) is 9.59 Å². The molecule has 0 aliphatic heterocycles. The minimum atomic E-state index is -0.529. The van der Waals surface area contributed by atoms with E-state index in [1.807, 2.05) is 6.07 Å². The highest BCUT2D eigenvalue weighted by atomic mass is 16.5. The summed E-state index contributed by atoms with van der Waals surface area (Å²) in [5.41, 5.74) is 5.85. The summed E-state index contributed by atoms with van der Waals surface area (Å²) in [4.78, 5) is 24.2. The SMILES string of the molecule is CN(Cc1ccco1)C(=O)/C=C/c1ccc(OCC(N)=O)cc1. The van der Waals surface area contributed by atoms with Crippen LogP contribution in [0.3, 0.4) is 0 Å². The van der Waals surface area contributed by atoms with E-state index in [1.165, 1.54) is 6.08 Å². The monoisotopic (exact) mass is 314 g/mol. The Labute approximate surface area is 134 Å². The molecule has 1 aromatic carbocycles. The molecule has 0 spiro atoms. The number of rotatable bonds is 7. The molecule has 6 heteroatoms. The Morgan fingerprint density at radius 3 is 2.61 bits per heavy atom. The lowest BCUT2D eigenvalue weighted by atomic mass is 10.2. The van der Waals surface area contributed by atoms with E-state index in [9.17, 15) is 9.59 Å². The highest BCUT2D eigenvalue weighted by Crippen LogP contribution is 2.13. The third kappa shape index (κ3) is 5.35. The van der Waals surface area contributed by atoms with Crippen molar-refractivity contribution in [3.05, 3.63) is 60.1 Å². The molecule has 120 valence electrons. The van der Waals surface area contributed by atoms with E-state index >= 15 is 0 Å². The second-order valence-corrected chi connectivity index (χ2v) is 4.93. The van der Waals surface area contributed by atoms with E-state index in [-0.39, 0.29) is 12.5 Å². The molecule has 6 nitrogen and oxygen atoms in total. The Kier molecular flexibility index (Phi) is 5.57. The van der Waals surface area contributed by atoms with Gasteiger partial charge in [0.1, 0.15) is 11.5 Å². The molecule has 2 rings (SSSR count). The predicted octanol–water partition coefficient (Wildman–Crippen LogP) is 1.82. The van der Waals surface area contributed by atoms with Gasteiger partial charge in [0.15, 0.2) is 6.61 Å². The number of carbonyl (C=O) groups is 2. The largest absolute Gasteiger partial charge is 0.484 e. The lowest BCUT2D eigenvalue weighted by molar-refractivity contribution is -0.125. The summed E-state index contributed by atoms with van der Waals surface area (Å²) < 4.78 is 10.4. The highest BCUT2D eigenvalue weighted by Gasteiger charge is 2.07. The van der Waals surface area contributed by atoms with Gasteiger partial charge >= 0.3 is 0 Å². The normalized spacial score (nSPS) is 10.7. The van der Waals surface area contributed by atoms with E-state index in [2.05, 4.69) is 0 Å². The Morgan fingerprint density at radius 2 is 2.00 bits per heavy atom. The van der Waals surface area contributed by atoms with Gasteiger partial charge in [0.05, 0.1) is 12.8 Å². The van der Waals surface area contributed by atoms with Gasteiger partial charge in [0.2, 0.25) is 5.91 Å². The zero-order valence-corrected chi connectivity index (χ0v) is 12.8. The summed E-state index contributed by atoms with van der Waals surface area (Å²) in [7, 11) is 1.70. The summed E-state index contributed by atoms with van der Waals surface area (Å²) in [6, 6.07) is 10.6. The maximum absolute atomic E-state index is 12.0. The molecule has 0 saturated carbocycles. The van der Waals surface area contributed by atoms with Crippen molar-refractivity contribution in [1.82, 2.24) is 4.90 Å². The topological polar surface area (TPSA) is 85.8 Å². The summed E-state index contributed by atoms with van der Waals surface area (Å²) in [5.74, 6) is 0.613. The van der Waals surface area contributed by atoms with Crippen LogP contribution in [0.15, 0.2) is 53.2 Å². The van der Waals surface area contributed by atoms with Gasteiger partial charge in [-0.15, -0.1) is 0 Å². The zero-order valence-electron chi connectivity index (χ0n) is 12.8. The number of carbonyl (C=O) groups excluding carboxylic acids is 2. The van der Waals surface area contributed by atoms with Crippen molar-refractivity contribution in [2.24, 2.45) is 5.73 Å². The van der Waals surface area contributed by atoms with Gasteiger partial charge in [-0.2, -0.15) is 0 Å². The first-order valence-corrected chi connectivity index (χ1v) is 7.01. The second kappa shape index (κ2) is 7.84. The maximum Gasteiger partial charge on any atom is 0.255 e. The summed E-state index contributed by atoms with van der Waals surface area (Å²) in [6.07, 6.45) is 4.77. The molecule has 2 N–H and O–H groups in total. The molecule has 0 unspecified atom stereocenters. The molecular formula is C17H18N2O4. The fraction of sp³-hybridized carbons (Fsp3) is 0.176. The van der Waals surface area contributed by atoms with Gasteiger partial charge in [-0.25, -0.2) is 0 Å². The van der Waals surface area contributed by atoms with E-state index < -0.39 is 5.91 Å². The number of primary amides is 1. The third-order valence-electron chi connectivity index (χ3n) is 3.03. The lowest BCUT2D eigenvalue weighted by Crippen LogP contribution is -2.23. The molecule has 23 heavy (non-hydrogen) atoms. The number of amides is 2. The Hall–Kier alpha value is -3.02. The number of ether oxygens (including phenoxy) is 1. The van der Waals surface area contributed by atoms with Crippen molar-refractivity contribution in [2.75, 3.05) is 13.7 Å². The first kappa shape index (κ1) is 16.4. The molecule has 0 radical (unpaired) electrons. The number of likely N-dealkylation sites (N-methyl/N-ethyl adjacent to an activating group) is 1. The molecule has 0 atom stereocenters. The number of hydrogen-bond donors (Lipinski definition) is 1. The number of furan rings is 1. The van der Waals surface area contributed by atoms with Gasteiger partial charge in [-0.05, 0) is 35.9 Å². The lowest BCUT2D eigenvalue weighted by Gasteiger charge is -2.12. The van der Waals surface area contributed by atoms with Crippen LogP contribution < -0.4 is 10.5 Å². The molecule has 2 amide bonds. The highest BCUT2D eigenvalue weighted by molar-refractivity contribution is 5.91. The predicted molar refractivity (Wildman–Crippen MR) is 85.3 cm³/mol. The number of hydrogen-bond acceptors (Lipinski definition) is 4. The second-order valence-electron chi connectivity index (χ2n) is 4.93. The van der Waals surface area contributed by atoms with Crippen LogP contribution in [0.4, 0.5) is 0 Å². The number of benzene rings is 1. The van der Waals surface area contributed by atoms with Crippen LogP contribution in [-0.2, 0) is 16.1 Å². The molecule has 1 heterocycles. The molecule has 1 aromatic heterocycles. The van der Waals surface area contributed by atoms with Crippen molar-refractivity contribution >= 4 is 17.9 Å². The third-order valence-corrected chi connectivity index (χ3v) is 3.03. The molecule has 0 aliphatic carbocycles. The van der Waals surface area contributed by atoms with E-state index in [0.717, 1.165) is 11.3 Å². The molecule has 2 aromatic rings. The van der Waals surface area contributed by atoms with Gasteiger partial charge < -0.3 is 19.8 Å². The fourth-order valence-corrected chi connectivity index (χ4v) is 1.84. The van der Waals surface area contributed by atoms with Crippen molar-refractivity contribution in [3.63, 3.8) is 0 Å². The van der Waals surface area contributed by atoms with Crippen LogP contribution in [0.2, 0.25) is 0 Å². The molecule has 0 fully saturated rings. The smallest absolute Gasteiger partial charge is 0.255 e. The van der Waals surface area contributed by atoms with Crippen LogP contribution in [-0.4, -0.2) is 30.4 Å². The minimum absolute atomic E-state index is 0.129.